The van der Waals surface area contributed by atoms with E-state index in [1.54, 1.807) is 12.1 Å². The fourth-order valence-corrected chi connectivity index (χ4v) is 3.68. The van der Waals surface area contributed by atoms with Gasteiger partial charge in [-0.05, 0) is 36.1 Å². The molecule has 0 aliphatic carbocycles. The molecule has 3 rings (SSSR count). The number of aldehydes is 1. The Balaban J connectivity index is 1.70. The largest absolute Gasteiger partial charge is 0.352 e. The first kappa shape index (κ1) is 20.5. The Hall–Kier alpha value is -3.28. The number of hydrogen-bond donors (Lipinski definition) is 1. The van der Waals surface area contributed by atoms with E-state index >= 15 is 0 Å². The second kappa shape index (κ2) is 9.28. The number of benzene rings is 2. The molecule has 2 aromatic carbocycles. The average Bonchev–Trinajstić information content (AvgIpc) is 3.04. The molecule has 2 amide bonds. The van der Waals surface area contributed by atoms with Crippen molar-refractivity contribution in [2.24, 2.45) is 0 Å². The van der Waals surface area contributed by atoms with E-state index in [0.717, 1.165) is 23.0 Å². The summed E-state index contributed by atoms with van der Waals surface area (Å²) in [6, 6.07) is 14.3. The Morgan fingerprint density at radius 1 is 1.14 bits per heavy atom. The number of nitrogens with one attached hydrogen (secondary N) is 1. The van der Waals surface area contributed by atoms with Crippen LogP contribution in [0.4, 0.5) is 0 Å². The van der Waals surface area contributed by atoms with Crippen LogP contribution in [0.5, 0.6) is 0 Å². The highest BCUT2D eigenvalue weighted by molar-refractivity contribution is 6.01. The van der Waals surface area contributed by atoms with Crippen molar-refractivity contribution in [2.75, 3.05) is 0 Å². The third kappa shape index (κ3) is 4.77. The maximum atomic E-state index is 12.8. The average molecular weight is 392 g/mol. The summed E-state index contributed by atoms with van der Waals surface area (Å²) in [4.78, 5) is 49.4. The lowest BCUT2D eigenvalue weighted by atomic mass is 10.0. The molecule has 150 valence electrons. The van der Waals surface area contributed by atoms with Crippen LogP contribution in [0, 0.1) is 0 Å². The first-order valence-electron chi connectivity index (χ1n) is 9.67. The molecule has 0 radical (unpaired) electrons. The molecule has 29 heavy (non-hydrogen) atoms. The Labute approximate surface area is 169 Å². The minimum atomic E-state index is -0.611. The number of ketones is 1. The van der Waals surface area contributed by atoms with E-state index in [1.807, 2.05) is 36.4 Å². The van der Waals surface area contributed by atoms with Gasteiger partial charge in [-0.2, -0.15) is 0 Å². The zero-order chi connectivity index (χ0) is 20.8. The van der Waals surface area contributed by atoms with Gasteiger partial charge in [-0.15, -0.1) is 0 Å². The minimum absolute atomic E-state index is 0.0948. The van der Waals surface area contributed by atoms with Crippen LogP contribution in [-0.2, 0) is 33.9 Å². The first-order chi connectivity index (χ1) is 14.0. The van der Waals surface area contributed by atoms with Crippen molar-refractivity contribution in [1.82, 2.24) is 10.2 Å². The summed E-state index contributed by atoms with van der Waals surface area (Å²) < 4.78 is 0. The number of fused-ring (bicyclic) bond motifs is 1. The Kier molecular flexibility index (Phi) is 6.54. The van der Waals surface area contributed by atoms with Crippen LogP contribution >= 0.6 is 0 Å². The van der Waals surface area contributed by atoms with Crippen LogP contribution in [0.3, 0.4) is 0 Å². The summed E-state index contributed by atoms with van der Waals surface area (Å²) in [5, 5.41) is 2.91. The van der Waals surface area contributed by atoms with E-state index in [4.69, 9.17) is 0 Å². The fraction of sp³-hybridized carbons (Fsp3) is 0.304. The summed E-state index contributed by atoms with van der Waals surface area (Å²) in [5.74, 6) is -0.433. The lowest BCUT2D eigenvalue weighted by Crippen LogP contribution is -2.40. The summed E-state index contributed by atoms with van der Waals surface area (Å²) in [5.41, 5.74) is 3.17. The molecular weight excluding hydrogens is 368 g/mol. The quantitative estimate of drug-likeness (QED) is 0.665. The van der Waals surface area contributed by atoms with Gasteiger partial charge in [0.25, 0.3) is 5.91 Å². The van der Waals surface area contributed by atoms with Gasteiger partial charge in [0.2, 0.25) is 5.91 Å². The second-order valence-electron chi connectivity index (χ2n) is 7.19. The molecule has 1 aliphatic heterocycles. The van der Waals surface area contributed by atoms with Crippen molar-refractivity contribution >= 4 is 23.9 Å². The van der Waals surface area contributed by atoms with Crippen LogP contribution in [0.1, 0.15) is 46.8 Å². The van der Waals surface area contributed by atoms with Crippen LogP contribution in [0.2, 0.25) is 0 Å². The number of carbonyl (C=O) groups is 4. The first-order valence-corrected chi connectivity index (χ1v) is 9.67. The molecule has 6 heteroatoms. The summed E-state index contributed by atoms with van der Waals surface area (Å²) in [7, 11) is 0. The van der Waals surface area contributed by atoms with Crippen molar-refractivity contribution in [1.29, 1.82) is 0 Å². The third-order valence-corrected chi connectivity index (χ3v) is 5.18. The summed E-state index contributed by atoms with van der Waals surface area (Å²) in [6.45, 7) is 2.06. The van der Waals surface area contributed by atoms with Crippen LogP contribution in [0.25, 0.3) is 0 Å². The summed E-state index contributed by atoms with van der Waals surface area (Å²) >= 11 is 0. The van der Waals surface area contributed by atoms with Crippen LogP contribution in [-0.4, -0.2) is 34.8 Å². The molecule has 0 fully saturated rings. The molecule has 0 spiro atoms. The van der Waals surface area contributed by atoms with Gasteiger partial charge in [-0.25, -0.2) is 0 Å². The van der Waals surface area contributed by atoms with E-state index in [2.05, 4.69) is 5.32 Å². The van der Waals surface area contributed by atoms with Gasteiger partial charge in [0.1, 0.15) is 6.29 Å². The van der Waals surface area contributed by atoms with Crippen molar-refractivity contribution in [3.05, 3.63) is 70.8 Å². The highest BCUT2D eigenvalue weighted by Gasteiger charge is 2.35. The van der Waals surface area contributed by atoms with Crippen molar-refractivity contribution in [3.8, 4) is 0 Å². The SMILES string of the molecule is CC(=O)C(CCC=O)N1Cc2c(CNC(=O)Cc3ccccc3)cccc2C1=O. The molecule has 0 bridgehead atoms. The topological polar surface area (TPSA) is 83.6 Å². The molecule has 1 unspecified atom stereocenters. The molecular formula is C23H24N2O4. The standard InChI is InChI=1S/C23H24N2O4/c1-16(27)21(11-6-12-26)25-15-20-18(9-5-10-19(20)23(25)29)14-24-22(28)13-17-7-3-2-4-8-17/h2-5,7-10,12,21H,6,11,13-15H2,1H3,(H,24,28). The van der Waals surface area contributed by atoms with E-state index < -0.39 is 6.04 Å². The zero-order valence-corrected chi connectivity index (χ0v) is 16.4. The molecule has 1 N–H and O–H groups in total. The monoisotopic (exact) mass is 392 g/mol. The Morgan fingerprint density at radius 2 is 1.90 bits per heavy atom. The summed E-state index contributed by atoms with van der Waals surface area (Å²) in [6.07, 6.45) is 1.60. The smallest absolute Gasteiger partial charge is 0.255 e. The number of amides is 2. The highest BCUT2D eigenvalue weighted by atomic mass is 16.2. The minimum Gasteiger partial charge on any atom is -0.352 e. The van der Waals surface area contributed by atoms with Crippen molar-refractivity contribution < 1.29 is 19.2 Å². The predicted molar refractivity (Wildman–Crippen MR) is 108 cm³/mol. The molecule has 1 heterocycles. The normalized spacial score (nSPS) is 13.7. The lowest BCUT2D eigenvalue weighted by Gasteiger charge is -2.25. The fourth-order valence-electron chi connectivity index (χ4n) is 3.68. The lowest BCUT2D eigenvalue weighted by molar-refractivity contribution is -0.122. The maximum absolute atomic E-state index is 12.8. The predicted octanol–water partition coefficient (Wildman–Crippen LogP) is 2.44. The van der Waals surface area contributed by atoms with Crippen molar-refractivity contribution in [3.63, 3.8) is 0 Å². The second-order valence-corrected chi connectivity index (χ2v) is 7.19. The Morgan fingerprint density at radius 3 is 2.59 bits per heavy atom. The van der Waals surface area contributed by atoms with E-state index in [-0.39, 0.29) is 24.0 Å². The number of nitrogens with zero attached hydrogens (tertiary/aromatic N) is 1. The van der Waals surface area contributed by atoms with E-state index in [1.165, 1.54) is 11.8 Å². The molecule has 0 saturated heterocycles. The van der Waals surface area contributed by atoms with Gasteiger partial charge in [0, 0.05) is 25.1 Å². The number of hydrogen-bond acceptors (Lipinski definition) is 4. The van der Waals surface area contributed by atoms with Crippen LogP contribution < -0.4 is 5.32 Å². The highest BCUT2D eigenvalue weighted by Crippen LogP contribution is 2.29. The number of rotatable bonds is 9. The van der Waals surface area contributed by atoms with E-state index in [0.29, 0.717) is 31.5 Å². The zero-order valence-electron chi connectivity index (χ0n) is 16.4. The van der Waals surface area contributed by atoms with Gasteiger partial charge in [-0.1, -0.05) is 42.5 Å². The van der Waals surface area contributed by atoms with Crippen molar-refractivity contribution in [2.45, 2.75) is 45.3 Å². The van der Waals surface area contributed by atoms with Gasteiger partial charge in [0.15, 0.2) is 5.78 Å². The maximum Gasteiger partial charge on any atom is 0.255 e. The van der Waals surface area contributed by atoms with E-state index in [9.17, 15) is 19.2 Å². The van der Waals surface area contributed by atoms with Gasteiger partial charge in [-0.3, -0.25) is 14.4 Å². The molecule has 0 aromatic heterocycles. The van der Waals surface area contributed by atoms with Crippen LogP contribution in [0.15, 0.2) is 48.5 Å². The molecule has 6 nitrogen and oxygen atoms in total. The van der Waals surface area contributed by atoms with Gasteiger partial charge < -0.3 is 15.0 Å². The molecule has 2 aromatic rings. The number of Topliss-reactive ketones (excluding diaryl/α,β-unsaturated/α-hetero) is 1. The van der Waals surface area contributed by atoms with Gasteiger partial charge >= 0.3 is 0 Å². The van der Waals surface area contributed by atoms with Gasteiger partial charge in [0.05, 0.1) is 12.5 Å². The number of carbonyl (C=O) groups excluding carboxylic acids is 4. The molecule has 1 atom stereocenters. The Bertz CT molecular complexity index is 924. The third-order valence-electron chi connectivity index (χ3n) is 5.18. The molecule has 0 saturated carbocycles. The molecule has 1 aliphatic rings.